The number of rotatable bonds is 6. The first-order valence-electron chi connectivity index (χ1n) is 11.4. The van der Waals surface area contributed by atoms with E-state index in [9.17, 15) is 9.59 Å². The highest BCUT2D eigenvalue weighted by Gasteiger charge is 2.28. The zero-order chi connectivity index (χ0) is 22.9. The van der Waals surface area contributed by atoms with Gasteiger partial charge in [0.15, 0.2) is 5.82 Å². The normalized spacial score (nSPS) is 18.8. The van der Waals surface area contributed by atoms with Crippen molar-refractivity contribution in [1.82, 2.24) is 34.4 Å². The number of pyridine rings is 1. The number of hydrogen-bond donors (Lipinski definition) is 1. The third-order valence-electron chi connectivity index (χ3n) is 6.30. The first-order chi connectivity index (χ1) is 16.0. The van der Waals surface area contributed by atoms with Gasteiger partial charge in [0.25, 0.3) is 5.91 Å². The molecule has 2 aliphatic heterocycles. The van der Waals surface area contributed by atoms with Crippen molar-refractivity contribution in [3.63, 3.8) is 0 Å². The quantitative estimate of drug-likeness (QED) is 0.715. The fourth-order valence-electron chi connectivity index (χ4n) is 4.22. The average molecular weight is 449 g/mol. The maximum absolute atomic E-state index is 13.1. The Labute approximate surface area is 192 Å². The smallest absolute Gasteiger partial charge is 0.273 e. The summed E-state index contributed by atoms with van der Waals surface area (Å²) in [5, 5.41) is 11.2. The number of anilines is 1. The van der Waals surface area contributed by atoms with Gasteiger partial charge in [-0.25, -0.2) is 4.98 Å². The van der Waals surface area contributed by atoms with E-state index in [0.29, 0.717) is 48.7 Å². The number of carbonyl (C=O) groups is 2. The lowest BCUT2D eigenvalue weighted by molar-refractivity contribution is -0.134. The van der Waals surface area contributed by atoms with Crippen LogP contribution in [0.2, 0.25) is 0 Å². The van der Waals surface area contributed by atoms with Gasteiger partial charge in [0.2, 0.25) is 5.91 Å². The van der Waals surface area contributed by atoms with Crippen molar-refractivity contribution in [3.8, 4) is 11.5 Å². The number of aromatic nitrogens is 4. The number of nitrogens with one attached hydrogen (secondary N) is 1. The molecule has 0 atom stereocenters. The molecule has 2 aromatic heterocycles. The third-order valence-corrected chi connectivity index (χ3v) is 6.30. The number of piperazine rings is 1. The van der Waals surface area contributed by atoms with Gasteiger partial charge in [0.1, 0.15) is 23.5 Å². The summed E-state index contributed by atoms with van der Waals surface area (Å²) in [6.07, 6.45) is 7.88. The number of amides is 2. The summed E-state index contributed by atoms with van der Waals surface area (Å²) in [4.78, 5) is 35.8. The van der Waals surface area contributed by atoms with Crippen molar-refractivity contribution in [1.29, 1.82) is 0 Å². The molecule has 10 heteroatoms. The SMILES string of the molecule is CCN1CCN(C2=CCN(C)C(C(=O)Nc3cccc(-c4nncn4C4CC4)n3)=C2)CC1=O. The van der Waals surface area contributed by atoms with Gasteiger partial charge in [-0.2, -0.15) is 0 Å². The number of carbonyl (C=O) groups excluding carboxylic acids is 2. The van der Waals surface area contributed by atoms with Crippen LogP contribution in [0.1, 0.15) is 25.8 Å². The fourth-order valence-corrected chi connectivity index (χ4v) is 4.22. The molecule has 2 fully saturated rings. The summed E-state index contributed by atoms with van der Waals surface area (Å²) in [5.74, 6) is 1.04. The van der Waals surface area contributed by atoms with Crippen molar-refractivity contribution in [3.05, 3.63) is 48.1 Å². The minimum absolute atomic E-state index is 0.114. The lowest BCUT2D eigenvalue weighted by Gasteiger charge is -2.37. The summed E-state index contributed by atoms with van der Waals surface area (Å²) in [5.41, 5.74) is 2.11. The van der Waals surface area contributed by atoms with Gasteiger partial charge in [0.05, 0.1) is 6.54 Å². The monoisotopic (exact) mass is 448 g/mol. The Bertz CT molecular complexity index is 1130. The maximum atomic E-state index is 13.1. The maximum Gasteiger partial charge on any atom is 0.273 e. The van der Waals surface area contributed by atoms with Gasteiger partial charge < -0.3 is 24.6 Å². The number of hydrogen-bond acceptors (Lipinski definition) is 7. The molecule has 2 amide bonds. The second kappa shape index (κ2) is 8.68. The third kappa shape index (κ3) is 4.33. The van der Waals surface area contributed by atoms with Crippen LogP contribution >= 0.6 is 0 Å². The molecule has 0 spiro atoms. The first-order valence-corrected chi connectivity index (χ1v) is 11.4. The predicted molar refractivity (Wildman–Crippen MR) is 123 cm³/mol. The van der Waals surface area contributed by atoms with Gasteiger partial charge in [0, 0.05) is 45.0 Å². The molecule has 0 aromatic carbocycles. The molecule has 2 aromatic rings. The van der Waals surface area contributed by atoms with Crippen LogP contribution in [0.15, 0.2) is 48.1 Å². The van der Waals surface area contributed by atoms with Gasteiger partial charge >= 0.3 is 0 Å². The second-order valence-electron chi connectivity index (χ2n) is 8.59. The lowest BCUT2D eigenvalue weighted by Crippen LogP contribution is -2.50. The molecule has 10 nitrogen and oxygen atoms in total. The highest BCUT2D eigenvalue weighted by molar-refractivity contribution is 6.03. The summed E-state index contributed by atoms with van der Waals surface area (Å²) < 4.78 is 2.04. The predicted octanol–water partition coefficient (Wildman–Crippen LogP) is 1.49. The zero-order valence-electron chi connectivity index (χ0n) is 18.9. The molecule has 33 heavy (non-hydrogen) atoms. The van der Waals surface area contributed by atoms with Gasteiger partial charge in [-0.1, -0.05) is 6.07 Å². The molecule has 172 valence electrons. The standard InChI is InChI=1S/C23H28N8O2/c1-3-29-11-12-30(14-21(29)32)17-9-10-28(2)19(13-17)23(33)26-20-6-4-5-18(25-20)22-27-24-15-31(22)16-7-8-16/h4-6,9,13,15-16H,3,7-8,10-12,14H2,1-2H3,(H,25,26,33). The molecule has 1 saturated heterocycles. The lowest BCUT2D eigenvalue weighted by atomic mass is 10.1. The Morgan fingerprint density at radius 3 is 2.85 bits per heavy atom. The minimum Gasteiger partial charge on any atom is -0.366 e. The molecule has 4 heterocycles. The molecule has 1 aliphatic carbocycles. The van der Waals surface area contributed by atoms with Crippen LogP contribution in [-0.4, -0.2) is 86.0 Å². The van der Waals surface area contributed by atoms with Gasteiger partial charge in [-0.3, -0.25) is 9.59 Å². The Morgan fingerprint density at radius 2 is 2.09 bits per heavy atom. The number of nitrogens with zero attached hydrogens (tertiary/aromatic N) is 7. The van der Waals surface area contributed by atoms with E-state index in [2.05, 4.69) is 26.6 Å². The molecular formula is C23H28N8O2. The van der Waals surface area contributed by atoms with Gasteiger partial charge in [-0.15, -0.1) is 10.2 Å². The summed E-state index contributed by atoms with van der Waals surface area (Å²) in [7, 11) is 1.88. The molecule has 3 aliphatic rings. The minimum atomic E-state index is -0.241. The molecule has 0 radical (unpaired) electrons. The molecule has 0 bridgehead atoms. The molecule has 1 N–H and O–H groups in total. The van der Waals surface area contributed by atoms with Crippen molar-refractivity contribution in [2.75, 3.05) is 45.1 Å². The second-order valence-corrected chi connectivity index (χ2v) is 8.59. The van der Waals surface area contributed by atoms with Crippen molar-refractivity contribution < 1.29 is 9.59 Å². The average Bonchev–Trinajstić information content (AvgIpc) is 3.55. The van der Waals surface area contributed by atoms with E-state index in [1.165, 1.54) is 0 Å². The van der Waals surface area contributed by atoms with Crippen LogP contribution in [0.4, 0.5) is 5.82 Å². The number of allylic oxidation sites excluding steroid dienone is 1. The number of likely N-dealkylation sites (N-methyl/N-ethyl adjacent to an activating group) is 2. The van der Waals surface area contributed by atoms with E-state index >= 15 is 0 Å². The van der Waals surface area contributed by atoms with Crippen LogP contribution < -0.4 is 5.32 Å². The molecule has 1 saturated carbocycles. The Hall–Kier alpha value is -3.69. The van der Waals surface area contributed by atoms with E-state index in [1.807, 2.05) is 51.4 Å². The molecule has 0 unspecified atom stereocenters. The Balaban J connectivity index is 1.31. The van der Waals surface area contributed by atoms with E-state index in [-0.39, 0.29) is 11.8 Å². The van der Waals surface area contributed by atoms with E-state index in [4.69, 9.17) is 0 Å². The van der Waals surface area contributed by atoms with E-state index in [0.717, 1.165) is 31.6 Å². The van der Waals surface area contributed by atoms with Crippen molar-refractivity contribution in [2.45, 2.75) is 25.8 Å². The van der Waals surface area contributed by atoms with Gasteiger partial charge in [-0.05, 0) is 44.1 Å². The van der Waals surface area contributed by atoms with Crippen LogP contribution in [0.3, 0.4) is 0 Å². The molecule has 5 rings (SSSR count). The molecular weight excluding hydrogens is 420 g/mol. The van der Waals surface area contributed by atoms with E-state index < -0.39 is 0 Å². The van der Waals surface area contributed by atoms with E-state index in [1.54, 1.807) is 12.4 Å². The highest BCUT2D eigenvalue weighted by Crippen LogP contribution is 2.37. The fraction of sp³-hybridized carbons (Fsp3) is 0.435. The largest absolute Gasteiger partial charge is 0.366 e. The first kappa shape index (κ1) is 21.2. The summed E-state index contributed by atoms with van der Waals surface area (Å²) in [6, 6.07) is 5.93. The summed E-state index contributed by atoms with van der Waals surface area (Å²) >= 11 is 0. The zero-order valence-corrected chi connectivity index (χ0v) is 18.9. The highest BCUT2D eigenvalue weighted by atomic mass is 16.2. The topological polar surface area (TPSA) is 99.5 Å². The Morgan fingerprint density at radius 1 is 1.24 bits per heavy atom. The van der Waals surface area contributed by atoms with Crippen LogP contribution in [0.25, 0.3) is 11.5 Å². The van der Waals surface area contributed by atoms with Crippen molar-refractivity contribution >= 4 is 17.6 Å². The van der Waals surface area contributed by atoms with Crippen LogP contribution in [0.5, 0.6) is 0 Å². The Kier molecular flexibility index (Phi) is 5.57. The van der Waals surface area contributed by atoms with Crippen molar-refractivity contribution in [2.24, 2.45) is 0 Å². The van der Waals surface area contributed by atoms with Crippen LogP contribution in [0, 0.1) is 0 Å². The van der Waals surface area contributed by atoms with Crippen LogP contribution in [-0.2, 0) is 9.59 Å². The summed E-state index contributed by atoms with van der Waals surface area (Å²) in [6.45, 7) is 5.09.